The molecule has 2 heterocycles. The number of carbonyl (C=O) groups is 2. The maximum Gasteiger partial charge on any atom is 0.327 e. The van der Waals surface area contributed by atoms with Gasteiger partial charge in [-0.2, -0.15) is 0 Å². The fraction of sp³-hybridized carbons (Fsp3) is 0.667. The number of thioether (sulfide) groups is 1. The predicted molar refractivity (Wildman–Crippen MR) is 77.7 cm³/mol. The predicted octanol–water partition coefficient (Wildman–Crippen LogP) is 0.653. The van der Waals surface area contributed by atoms with E-state index in [0.29, 0.717) is 11.6 Å². The van der Waals surface area contributed by atoms with Crippen LogP contribution in [-0.2, 0) is 18.4 Å². The zero-order valence-electron chi connectivity index (χ0n) is 12.0. The lowest BCUT2D eigenvalue weighted by atomic mass is 10.2. The molecule has 0 saturated carbocycles. The molecular weight excluding hydrogens is 294 g/mol. The summed E-state index contributed by atoms with van der Waals surface area (Å²) in [5.41, 5.74) is 0. The fourth-order valence-corrected chi connectivity index (χ4v) is 3.72. The first kappa shape index (κ1) is 15.6. The molecule has 2 N–H and O–H groups in total. The van der Waals surface area contributed by atoms with Crippen LogP contribution in [0, 0.1) is 0 Å². The molecule has 0 aliphatic carbocycles. The van der Waals surface area contributed by atoms with Gasteiger partial charge in [0, 0.05) is 12.8 Å². The van der Waals surface area contributed by atoms with Crippen LogP contribution in [0.25, 0.3) is 0 Å². The standard InChI is InChI=1S/C12H19N5O3S/c1-3-4-10-17(8(6-21-10)11(18)19)12(20)13-5-9-15-14-7-16(9)2/h7-8,10H,3-6H2,1-2H3,(H,13,20)(H,18,19). The number of rotatable bonds is 5. The van der Waals surface area contributed by atoms with Crippen molar-refractivity contribution in [1.29, 1.82) is 0 Å². The van der Waals surface area contributed by atoms with Gasteiger partial charge in [-0.05, 0) is 6.42 Å². The van der Waals surface area contributed by atoms with E-state index in [1.807, 2.05) is 6.92 Å². The first-order valence-corrected chi connectivity index (χ1v) is 7.83. The molecule has 8 nitrogen and oxygen atoms in total. The molecule has 1 fully saturated rings. The summed E-state index contributed by atoms with van der Waals surface area (Å²) in [6, 6.07) is -1.14. The average molecular weight is 313 g/mol. The lowest BCUT2D eigenvalue weighted by Gasteiger charge is -2.27. The van der Waals surface area contributed by atoms with Crippen LogP contribution >= 0.6 is 11.8 Å². The van der Waals surface area contributed by atoms with Gasteiger partial charge in [0.1, 0.15) is 12.4 Å². The fourth-order valence-electron chi connectivity index (χ4n) is 2.21. The van der Waals surface area contributed by atoms with E-state index in [4.69, 9.17) is 0 Å². The molecule has 0 aromatic carbocycles. The molecule has 1 saturated heterocycles. The lowest BCUT2D eigenvalue weighted by Crippen LogP contribution is -2.50. The van der Waals surface area contributed by atoms with Crippen molar-refractivity contribution < 1.29 is 14.7 Å². The highest BCUT2D eigenvalue weighted by atomic mass is 32.2. The van der Waals surface area contributed by atoms with Crippen molar-refractivity contribution in [2.24, 2.45) is 7.05 Å². The van der Waals surface area contributed by atoms with E-state index in [1.54, 1.807) is 17.9 Å². The molecule has 2 atom stereocenters. The van der Waals surface area contributed by atoms with E-state index in [-0.39, 0.29) is 17.9 Å². The van der Waals surface area contributed by atoms with Crippen molar-refractivity contribution in [2.45, 2.75) is 37.7 Å². The second kappa shape index (κ2) is 6.79. The number of carboxylic acid groups (broad SMARTS) is 1. The number of carboxylic acids is 1. The Balaban J connectivity index is 2.02. The number of aliphatic carboxylic acids is 1. The van der Waals surface area contributed by atoms with Crippen molar-refractivity contribution in [1.82, 2.24) is 25.0 Å². The van der Waals surface area contributed by atoms with Crippen LogP contribution in [0.1, 0.15) is 25.6 Å². The molecular formula is C12H19N5O3S. The molecule has 0 radical (unpaired) electrons. The van der Waals surface area contributed by atoms with Crippen molar-refractivity contribution in [2.75, 3.05) is 5.75 Å². The topological polar surface area (TPSA) is 100 Å². The highest BCUT2D eigenvalue weighted by molar-refractivity contribution is 8.00. The summed E-state index contributed by atoms with van der Waals surface area (Å²) in [5.74, 6) is 0.0845. The SMILES string of the molecule is CCCC1SCC(C(=O)O)N1C(=O)NCc1nncn1C. The number of urea groups is 1. The van der Waals surface area contributed by atoms with Crippen molar-refractivity contribution >= 4 is 23.8 Å². The third kappa shape index (κ3) is 3.46. The Bertz CT molecular complexity index is 521. The van der Waals surface area contributed by atoms with E-state index in [2.05, 4.69) is 15.5 Å². The van der Waals surface area contributed by atoms with Gasteiger partial charge in [0.05, 0.1) is 11.9 Å². The van der Waals surface area contributed by atoms with E-state index in [0.717, 1.165) is 12.8 Å². The number of aromatic nitrogens is 3. The molecule has 2 amide bonds. The van der Waals surface area contributed by atoms with Gasteiger partial charge in [-0.3, -0.25) is 4.90 Å². The van der Waals surface area contributed by atoms with Gasteiger partial charge in [-0.15, -0.1) is 22.0 Å². The van der Waals surface area contributed by atoms with Crippen LogP contribution < -0.4 is 5.32 Å². The number of nitrogens with one attached hydrogen (secondary N) is 1. The molecule has 1 aromatic rings. The summed E-state index contributed by atoms with van der Waals surface area (Å²) in [4.78, 5) is 25.1. The third-order valence-electron chi connectivity index (χ3n) is 3.35. The van der Waals surface area contributed by atoms with Crippen molar-refractivity contribution in [3.63, 3.8) is 0 Å². The highest BCUT2D eigenvalue weighted by Crippen LogP contribution is 2.32. The van der Waals surface area contributed by atoms with Crippen LogP contribution in [0.15, 0.2) is 6.33 Å². The zero-order valence-corrected chi connectivity index (χ0v) is 12.8. The Morgan fingerprint density at radius 2 is 2.33 bits per heavy atom. The van der Waals surface area contributed by atoms with E-state index in [9.17, 15) is 14.7 Å². The van der Waals surface area contributed by atoms with E-state index in [1.165, 1.54) is 16.7 Å². The number of hydrogen-bond donors (Lipinski definition) is 2. The largest absolute Gasteiger partial charge is 0.480 e. The molecule has 0 bridgehead atoms. The van der Waals surface area contributed by atoms with E-state index >= 15 is 0 Å². The summed E-state index contributed by atoms with van der Waals surface area (Å²) in [6.45, 7) is 2.24. The quantitative estimate of drug-likeness (QED) is 0.828. The van der Waals surface area contributed by atoms with Gasteiger partial charge in [-0.1, -0.05) is 13.3 Å². The summed E-state index contributed by atoms with van der Waals surface area (Å²) in [6.07, 6.45) is 3.23. The molecule has 1 aromatic heterocycles. The molecule has 1 aliphatic heterocycles. The minimum atomic E-state index is -0.963. The molecule has 2 rings (SSSR count). The van der Waals surface area contributed by atoms with Gasteiger partial charge in [0.2, 0.25) is 0 Å². The Hall–Kier alpha value is -1.77. The minimum Gasteiger partial charge on any atom is -0.480 e. The average Bonchev–Trinajstić information content (AvgIpc) is 3.03. The normalized spacial score (nSPS) is 21.5. The van der Waals surface area contributed by atoms with Crippen LogP contribution in [0.3, 0.4) is 0 Å². The smallest absolute Gasteiger partial charge is 0.327 e. The van der Waals surface area contributed by atoms with Crippen LogP contribution in [0.4, 0.5) is 4.79 Å². The maximum absolute atomic E-state index is 12.3. The minimum absolute atomic E-state index is 0.0874. The summed E-state index contributed by atoms with van der Waals surface area (Å²) >= 11 is 1.52. The molecule has 2 unspecified atom stereocenters. The van der Waals surface area contributed by atoms with E-state index < -0.39 is 12.0 Å². The van der Waals surface area contributed by atoms with Crippen LogP contribution in [0.5, 0.6) is 0 Å². The second-order valence-corrected chi connectivity index (χ2v) is 6.07. The number of hydrogen-bond acceptors (Lipinski definition) is 5. The summed E-state index contributed by atoms with van der Waals surface area (Å²) in [7, 11) is 1.78. The maximum atomic E-state index is 12.3. The summed E-state index contributed by atoms with van der Waals surface area (Å²) in [5, 5.41) is 19.5. The summed E-state index contributed by atoms with van der Waals surface area (Å²) < 4.78 is 1.71. The van der Waals surface area contributed by atoms with Crippen LogP contribution in [-0.4, -0.2) is 53.9 Å². The first-order chi connectivity index (χ1) is 10.0. The van der Waals surface area contributed by atoms with Gasteiger partial charge < -0.3 is 15.0 Å². The number of amides is 2. The van der Waals surface area contributed by atoms with Crippen molar-refractivity contribution in [3.8, 4) is 0 Å². The highest BCUT2D eigenvalue weighted by Gasteiger charge is 2.41. The first-order valence-electron chi connectivity index (χ1n) is 6.78. The molecule has 9 heteroatoms. The Morgan fingerprint density at radius 3 is 2.90 bits per heavy atom. The monoisotopic (exact) mass is 313 g/mol. The second-order valence-electron chi connectivity index (χ2n) is 4.85. The Labute approximate surface area is 126 Å². The number of nitrogens with zero attached hydrogens (tertiary/aromatic N) is 4. The molecule has 116 valence electrons. The van der Waals surface area contributed by atoms with Crippen molar-refractivity contribution in [3.05, 3.63) is 12.2 Å². The third-order valence-corrected chi connectivity index (χ3v) is 4.71. The Morgan fingerprint density at radius 1 is 1.57 bits per heavy atom. The number of aryl methyl sites for hydroxylation is 1. The van der Waals surface area contributed by atoms with Crippen LogP contribution in [0.2, 0.25) is 0 Å². The molecule has 1 aliphatic rings. The Kier molecular flexibility index (Phi) is 5.05. The number of carbonyl (C=O) groups excluding carboxylic acids is 1. The molecule has 21 heavy (non-hydrogen) atoms. The molecule has 0 spiro atoms. The van der Waals surface area contributed by atoms with Gasteiger partial charge >= 0.3 is 12.0 Å². The zero-order chi connectivity index (χ0) is 15.4. The van der Waals surface area contributed by atoms with Gasteiger partial charge in [0.25, 0.3) is 0 Å². The van der Waals surface area contributed by atoms with Gasteiger partial charge in [-0.25, -0.2) is 9.59 Å². The lowest BCUT2D eigenvalue weighted by molar-refractivity contribution is -0.141. The van der Waals surface area contributed by atoms with Gasteiger partial charge in [0.15, 0.2) is 5.82 Å².